The van der Waals surface area contributed by atoms with Gasteiger partial charge in [-0.1, -0.05) is 24.4 Å². The number of carbonyl (C=O) groups is 5. The van der Waals surface area contributed by atoms with Crippen LogP contribution in [0, 0.1) is 0 Å². The number of fused-ring (bicyclic) bond motifs is 2. The monoisotopic (exact) mass is 689 g/mol. The Morgan fingerprint density at radius 1 is 1.17 bits per heavy atom. The number of aromatic amines is 1. The minimum absolute atomic E-state index is 0.0130. The maximum atomic E-state index is 13.8. The number of anilines is 1. The van der Waals surface area contributed by atoms with Gasteiger partial charge in [-0.15, -0.1) is 16.9 Å². The number of primary amides is 1. The van der Waals surface area contributed by atoms with Crippen LogP contribution in [-0.2, 0) is 21.4 Å². The highest BCUT2D eigenvalue weighted by Gasteiger charge is 2.55. The quantitative estimate of drug-likeness (QED) is 0.0741. The van der Waals surface area contributed by atoms with Gasteiger partial charge in [-0.05, 0) is 40.3 Å². The second-order valence-corrected chi connectivity index (χ2v) is 11.9. The molecule has 2 aliphatic heterocycles. The van der Waals surface area contributed by atoms with Gasteiger partial charge in [-0.2, -0.15) is 0 Å². The lowest BCUT2D eigenvalue weighted by Crippen LogP contribution is -2.71. The zero-order valence-electron chi connectivity index (χ0n) is 24.5. The summed E-state index contributed by atoms with van der Waals surface area (Å²) in [6.07, 6.45) is 2.59. The molecule has 3 aromatic heterocycles. The molecule has 5 heterocycles. The van der Waals surface area contributed by atoms with E-state index in [4.69, 9.17) is 18.0 Å². The van der Waals surface area contributed by atoms with E-state index in [9.17, 15) is 33.9 Å². The number of pyridine rings is 2. The van der Waals surface area contributed by atoms with Gasteiger partial charge in [0.25, 0.3) is 11.8 Å². The number of thioether (sulfide) groups is 1. The number of carboxylic acids is 1. The first-order valence-corrected chi connectivity index (χ1v) is 15.3. The summed E-state index contributed by atoms with van der Waals surface area (Å²) in [6, 6.07) is 5.53. The van der Waals surface area contributed by atoms with Crippen LogP contribution in [0.4, 0.5) is 10.5 Å². The number of hydrogen-bond acceptors (Lipinski definition) is 12. The Balaban J connectivity index is 1.27. The molecule has 18 nitrogen and oxygen atoms in total. The molecule has 7 N–H and O–H groups in total. The lowest BCUT2D eigenvalue weighted by Gasteiger charge is -2.49. The van der Waals surface area contributed by atoms with Crippen molar-refractivity contribution in [2.75, 3.05) is 11.1 Å². The summed E-state index contributed by atoms with van der Waals surface area (Å²) >= 11 is 6.63. The predicted octanol–water partition coefficient (Wildman–Crippen LogP) is -0.435. The number of thiocarbonyl (C=S) groups is 1. The van der Waals surface area contributed by atoms with E-state index in [1.54, 1.807) is 12.1 Å². The second-order valence-electron chi connectivity index (χ2n) is 10.4. The highest BCUT2D eigenvalue weighted by Crippen LogP contribution is 2.41. The molecule has 0 aliphatic carbocycles. The number of carbonyl (C=O) groups excluding carboxylic acids is 4. The number of urea groups is 1. The molecule has 244 valence electrons. The molecule has 0 radical (unpaired) electrons. The van der Waals surface area contributed by atoms with E-state index in [-0.39, 0.29) is 44.4 Å². The summed E-state index contributed by atoms with van der Waals surface area (Å²) in [5.41, 5.74) is 4.93. The number of tetrazole rings is 1. The molecule has 2 aliphatic rings. The average Bonchev–Trinajstić information content (AvgIpc) is 3.50. The SMILES string of the molecule is Cn1nnnc1C(=S)C1=C(C(=O)O)N2C(=O)C(NC(=O)C(NC(=O)c3c[nH]c4cccnc4c3=O)c3ccc(NC(N)=O)cc3)[C@@H]2SC1. The first-order valence-electron chi connectivity index (χ1n) is 13.9. The largest absolute Gasteiger partial charge is 0.477 e. The van der Waals surface area contributed by atoms with Crippen molar-refractivity contribution in [3.05, 3.63) is 87.2 Å². The number of aryl methyl sites for hydroxylation is 1. The number of benzene rings is 1. The number of H-pyrrole nitrogens is 1. The van der Waals surface area contributed by atoms with Crippen molar-refractivity contribution in [1.29, 1.82) is 0 Å². The van der Waals surface area contributed by atoms with Crippen molar-refractivity contribution in [1.82, 2.24) is 45.7 Å². The van der Waals surface area contributed by atoms with Gasteiger partial charge in [0.05, 0.1) is 10.4 Å². The van der Waals surface area contributed by atoms with E-state index in [0.29, 0.717) is 11.2 Å². The minimum Gasteiger partial charge on any atom is -0.477 e. The molecule has 0 saturated carbocycles. The number of hydrogen-bond donors (Lipinski definition) is 6. The number of amides is 5. The summed E-state index contributed by atoms with van der Waals surface area (Å²) in [5.74, 6) is -3.66. The lowest BCUT2D eigenvalue weighted by atomic mass is 9.99. The molecule has 2 unspecified atom stereocenters. The van der Waals surface area contributed by atoms with Gasteiger partial charge < -0.3 is 31.8 Å². The zero-order valence-corrected chi connectivity index (χ0v) is 26.2. The van der Waals surface area contributed by atoms with Crippen molar-refractivity contribution in [2.24, 2.45) is 12.8 Å². The topological polar surface area (TPSA) is 260 Å². The smallest absolute Gasteiger partial charge is 0.353 e. The van der Waals surface area contributed by atoms with Crippen molar-refractivity contribution in [3.63, 3.8) is 0 Å². The Bertz CT molecular complexity index is 2130. The number of nitrogens with two attached hydrogens (primary N) is 1. The Kier molecular flexibility index (Phi) is 8.41. The molecular weight excluding hydrogens is 667 g/mol. The summed E-state index contributed by atoms with van der Waals surface area (Å²) in [5, 5.41) is 27.9. The van der Waals surface area contributed by atoms with Gasteiger partial charge in [-0.25, -0.2) is 14.3 Å². The molecule has 1 aromatic carbocycles. The third-order valence-electron chi connectivity index (χ3n) is 7.50. The van der Waals surface area contributed by atoms with Crippen LogP contribution in [0.5, 0.6) is 0 Å². The fraction of sp³-hybridized carbons (Fsp3) is 0.179. The zero-order chi connectivity index (χ0) is 34.3. The number of aliphatic carboxylic acids is 1. The van der Waals surface area contributed by atoms with Crippen LogP contribution < -0.4 is 27.1 Å². The van der Waals surface area contributed by atoms with Gasteiger partial charge >= 0.3 is 12.0 Å². The van der Waals surface area contributed by atoms with E-state index >= 15 is 0 Å². The first-order chi connectivity index (χ1) is 23.0. The maximum Gasteiger partial charge on any atom is 0.353 e. The molecule has 48 heavy (non-hydrogen) atoms. The van der Waals surface area contributed by atoms with Gasteiger partial charge in [-0.3, -0.25) is 29.1 Å². The van der Waals surface area contributed by atoms with Crippen LogP contribution in [0.1, 0.15) is 27.8 Å². The third kappa shape index (κ3) is 5.73. The first kappa shape index (κ1) is 31.9. The van der Waals surface area contributed by atoms with E-state index in [1.807, 2.05) is 0 Å². The number of nitrogens with one attached hydrogen (secondary N) is 4. The third-order valence-corrected chi connectivity index (χ3v) is 9.21. The average molecular weight is 690 g/mol. The number of β-lactam (4-membered cyclic amide) rings is 1. The highest BCUT2D eigenvalue weighted by atomic mass is 32.2. The summed E-state index contributed by atoms with van der Waals surface area (Å²) in [4.78, 5) is 85.3. The molecule has 1 fully saturated rings. The molecular formula is C28H23N11O7S2. The highest BCUT2D eigenvalue weighted by molar-refractivity contribution is 8.00. The normalized spacial score (nSPS) is 17.6. The van der Waals surface area contributed by atoms with Gasteiger partial charge in [0.15, 0.2) is 5.82 Å². The van der Waals surface area contributed by atoms with E-state index < -0.39 is 52.6 Å². The van der Waals surface area contributed by atoms with Crippen LogP contribution in [0.3, 0.4) is 0 Å². The Morgan fingerprint density at radius 2 is 1.92 bits per heavy atom. The molecule has 20 heteroatoms. The molecule has 0 bridgehead atoms. The van der Waals surface area contributed by atoms with Crippen LogP contribution in [-0.4, -0.2) is 91.9 Å². The standard InChI is InChI=1S/C28H23N11O7S2/c1-38-22(35-36-37-38)21(47)14-10-48-26-18(25(43)39(26)19(14)27(44)45)34-24(42)16(11-4-6-12(7-5-11)32-28(29)46)33-23(41)13-9-31-15-3-2-8-30-17(15)20(13)40/h2-9,16,18,26H,10H2,1H3,(H,31,40)(H,33,41)(H,34,42)(H,44,45)(H3,29,32,46)/t16?,18?,26-/m0/s1. The van der Waals surface area contributed by atoms with Crippen molar-refractivity contribution < 1.29 is 29.1 Å². The Labute approximate surface area is 278 Å². The van der Waals surface area contributed by atoms with Crippen molar-refractivity contribution in [2.45, 2.75) is 17.5 Å². The molecule has 0 spiro atoms. The molecule has 3 atom stereocenters. The van der Waals surface area contributed by atoms with Crippen LogP contribution in [0.25, 0.3) is 11.0 Å². The Morgan fingerprint density at radius 3 is 2.58 bits per heavy atom. The lowest BCUT2D eigenvalue weighted by molar-refractivity contribution is -0.150. The van der Waals surface area contributed by atoms with Crippen molar-refractivity contribution in [3.8, 4) is 0 Å². The summed E-state index contributed by atoms with van der Waals surface area (Å²) in [7, 11) is 1.53. The Hall–Kier alpha value is -6.02. The predicted molar refractivity (Wildman–Crippen MR) is 172 cm³/mol. The number of nitrogens with zero attached hydrogens (tertiary/aromatic N) is 6. The van der Waals surface area contributed by atoms with Crippen LogP contribution in [0.2, 0.25) is 0 Å². The van der Waals surface area contributed by atoms with E-state index in [2.05, 4.69) is 41.4 Å². The van der Waals surface area contributed by atoms with E-state index in [1.165, 1.54) is 60.2 Å². The number of rotatable bonds is 9. The van der Waals surface area contributed by atoms with E-state index in [0.717, 1.165) is 4.90 Å². The van der Waals surface area contributed by atoms with Gasteiger partial charge in [0.1, 0.15) is 34.2 Å². The minimum atomic E-state index is -1.45. The molecule has 5 amide bonds. The maximum absolute atomic E-state index is 13.8. The number of aromatic nitrogens is 6. The molecule has 1 saturated heterocycles. The van der Waals surface area contributed by atoms with Gasteiger partial charge in [0.2, 0.25) is 11.3 Å². The molecule has 4 aromatic rings. The fourth-order valence-electron chi connectivity index (χ4n) is 5.21. The molecule has 6 rings (SSSR count). The van der Waals surface area contributed by atoms with Crippen LogP contribution >= 0.6 is 24.0 Å². The summed E-state index contributed by atoms with van der Waals surface area (Å²) < 4.78 is 1.28. The number of carboxylic acid groups (broad SMARTS) is 1. The second kappa shape index (κ2) is 12.6. The summed E-state index contributed by atoms with van der Waals surface area (Å²) in [6.45, 7) is 0. The van der Waals surface area contributed by atoms with Gasteiger partial charge in [0, 0.05) is 36.5 Å². The fourth-order valence-corrected chi connectivity index (χ4v) is 7.00. The van der Waals surface area contributed by atoms with Crippen molar-refractivity contribution >= 4 is 75.3 Å². The van der Waals surface area contributed by atoms with Crippen LogP contribution in [0.15, 0.2) is 64.9 Å².